The molecule has 3 aromatic rings. The number of amides is 1. The van der Waals surface area contributed by atoms with Gasteiger partial charge in [0.15, 0.2) is 5.13 Å². The summed E-state index contributed by atoms with van der Waals surface area (Å²) in [7, 11) is 1.61. The van der Waals surface area contributed by atoms with E-state index in [0.717, 1.165) is 17.0 Å². The molecule has 4 nitrogen and oxygen atoms in total. The van der Waals surface area contributed by atoms with Gasteiger partial charge in [-0.15, -0.1) is 11.3 Å². The molecule has 0 unspecified atom stereocenters. The molecule has 1 aromatic heterocycles. The molecule has 0 fully saturated rings. The van der Waals surface area contributed by atoms with E-state index in [0.29, 0.717) is 10.7 Å². The SMILES string of the molecule is COc1ccc(-c2csc(NC(=O)Cc3ccccc3F)n2)cc1. The smallest absolute Gasteiger partial charge is 0.230 e. The van der Waals surface area contributed by atoms with Crippen LogP contribution < -0.4 is 10.1 Å². The minimum absolute atomic E-state index is 0.0237. The van der Waals surface area contributed by atoms with E-state index in [1.165, 1.54) is 17.4 Å². The van der Waals surface area contributed by atoms with Crippen LogP contribution in [0.15, 0.2) is 53.9 Å². The highest BCUT2D eigenvalue weighted by atomic mass is 32.1. The van der Waals surface area contributed by atoms with E-state index in [1.807, 2.05) is 29.6 Å². The third kappa shape index (κ3) is 3.78. The zero-order valence-electron chi connectivity index (χ0n) is 13.0. The van der Waals surface area contributed by atoms with E-state index in [2.05, 4.69) is 10.3 Å². The molecule has 2 aromatic carbocycles. The summed E-state index contributed by atoms with van der Waals surface area (Å²) in [4.78, 5) is 16.4. The Morgan fingerprint density at radius 2 is 1.96 bits per heavy atom. The van der Waals surface area contributed by atoms with Crippen LogP contribution in [0.25, 0.3) is 11.3 Å². The fourth-order valence-electron chi connectivity index (χ4n) is 2.20. The van der Waals surface area contributed by atoms with Gasteiger partial charge in [-0.1, -0.05) is 18.2 Å². The first-order valence-corrected chi connectivity index (χ1v) is 8.17. The van der Waals surface area contributed by atoms with Gasteiger partial charge in [-0.3, -0.25) is 4.79 Å². The summed E-state index contributed by atoms with van der Waals surface area (Å²) in [5, 5.41) is 5.06. The van der Waals surface area contributed by atoms with E-state index in [9.17, 15) is 9.18 Å². The fourth-order valence-corrected chi connectivity index (χ4v) is 2.94. The van der Waals surface area contributed by atoms with Crippen molar-refractivity contribution in [2.24, 2.45) is 0 Å². The van der Waals surface area contributed by atoms with Gasteiger partial charge in [0.05, 0.1) is 19.2 Å². The molecule has 24 heavy (non-hydrogen) atoms. The van der Waals surface area contributed by atoms with Crippen LogP contribution in [-0.2, 0) is 11.2 Å². The number of halogens is 1. The number of hydrogen-bond donors (Lipinski definition) is 1. The van der Waals surface area contributed by atoms with E-state index >= 15 is 0 Å². The molecule has 3 rings (SSSR count). The fraction of sp³-hybridized carbons (Fsp3) is 0.111. The average molecular weight is 342 g/mol. The highest BCUT2D eigenvalue weighted by molar-refractivity contribution is 7.14. The summed E-state index contributed by atoms with van der Waals surface area (Å²) in [6.45, 7) is 0. The second-order valence-corrected chi connectivity index (χ2v) is 5.94. The van der Waals surface area contributed by atoms with Crippen LogP contribution in [0.4, 0.5) is 9.52 Å². The molecule has 0 saturated carbocycles. The Balaban J connectivity index is 1.67. The number of carbonyl (C=O) groups excluding carboxylic acids is 1. The number of carbonyl (C=O) groups is 1. The first-order chi connectivity index (χ1) is 11.7. The molecule has 0 saturated heterocycles. The molecule has 1 heterocycles. The molecule has 0 aliphatic rings. The second kappa shape index (κ2) is 7.23. The van der Waals surface area contributed by atoms with Crippen LogP contribution in [0.1, 0.15) is 5.56 Å². The topological polar surface area (TPSA) is 51.2 Å². The van der Waals surface area contributed by atoms with Gasteiger partial charge in [0.25, 0.3) is 0 Å². The van der Waals surface area contributed by atoms with Gasteiger partial charge in [-0.2, -0.15) is 0 Å². The predicted molar refractivity (Wildman–Crippen MR) is 92.8 cm³/mol. The number of benzene rings is 2. The molecular weight excluding hydrogens is 327 g/mol. The zero-order chi connectivity index (χ0) is 16.9. The van der Waals surface area contributed by atoms with Gasteiger partial charge >= 0.3 is 0 Å². The van der Waals surface area contributed by atoms with Gasteiger partial charge in [0.1, 0.15) is 11.6 Å². The molecule has 6 heteroatoms. The molecule has 122 valence electrons. The summed E-state index contributed by atoms with van der Waals surface area (Å²) < 4.78 is 18.7. The van der Waals surface area contributed by atoms with E-state index in [1.54, 1.807) is 25.3 Å². The van der Waals surface area contributed by atoms with Gasteiger partial charge in [0, 0.05) is 10.9 Å². The zero-order valence-corrected chi connectivity index (χ0v) is 13.8. The van der Waals surface area contributed by atoms with E-state index < -0.39 is 0 Å². The summed E-state index contributed by atoms with van der Waals surface area (Å²) >= 11 is 1.33. The van der Waals surface area contributed by atoms with Crippen LogP contribution in [0.5, 0.6) is 5.75 Å². The Labute approximate surface area is 142 Å². The van der Waals surface area contributed by atoms with Crippen LogP contribution in [-0.4, -0.2) is 18.0 Å². The quantitative estimate of drug-likeness (QED) is 0.758. The van der Waals surface area contributed by atoms with Crippen molar-refractivity contribution in [3.63, 3.8) is 0 Å². The van der Waals surface area contributed by atoms with Crippen molar-refractivity contribution in [3.05, 3.63) is 65.3 Å². The maximum absolute atomic E-state index is 13.6. The van der Waals surface area contributed by atoms with E-state index in [4.69, 9.17) is 4.74 Å². The highest BCUT2D eigenvalue weighted by Crippen LogP contribution is 2.26. The Kier molecular flexibility index (Phi) is 4.86. The maximum atomic E-state index is 13.6. The van der Waals surface area contributed by atoms with Crippen LogP contribution >= 0.6 is 11.3 Å². The summed E-state index contributed by atoms with van der Waals surface area (Å²) in [5.41, 5.74) is 2.06. The molecule has 0 bridgehead atoms. The largest absolute Gasteiger partial charge is 0.497 e. The van der Waals surface area contributed by atoms with Gasteiger partial charge in [0.2, 0.25) is 5.91 Å². The molecule has 1 amide bonds. The molecule has 0 aliphatic carbocycles. The predicted octanol–water partition coefficient (Wildman–Crippen LogP) is 4.14. The highest BCUT2D eigenvalue weighted by Gasteiger charge is 2.11. The number of thiazole rings is 1. The number of anilines is 1. The first kappa shape index (κ1) is 16.1. The second-order valence-electron chi connectivity index (χ2n) is 5.08. The molecule has 0 radical (unpaired) electrons. The van der Waals surface area contributed by atoms with Crippen molar-refractivity contribution in [2.45, 2.75) is 6.42 Å². The lowest BCUT2D eigenvalue weighted by Crippen LogP contribution is -2.15. The Hall–Kier alpha value is -2.73. The number of methoxy groups -OCH3 is 1. The average Bonchev–Trinajstić information content (AvgIpc) is 3.05. The normalized spacial score (nSPS) is 10.4. The molecular formula is C18H15FN2O2S. The van der Waals surface area contributed by atoms with Crippen LogP contribution in [0.3, 0.4) is 0 Å². The van der Waals surface area contributed by atoms with Gasteiger partial charge in [-0.25, -0.2) is 9.37 Å². The van der Waals surface area contributed by atoms with Crippen molar-refractivity contribution in [1.29, 1.82) is 0 Å². The Bertz CT molecular complexity index is 846. The van der Waals surface area contributed by atoms with E-state index in [-0.39, 0.29) is 18.1 Å². The monoisotopic (exact) mass is 342 g/mol. The third-order valence-electron chi connectivity index (χ3n) is 3.45. The minimum atomic E-state index is -0.384. The van der Waals surface area contributed by atoms with Crippen molar-refractivity contribution in [2.75, 3.05) is 12.4 Å². The first-order valence-electron chi connectivity index (χ1n) is 7.29. The summed E-state index contributed by atoms with van der Waals surface area (Å²) in [6, 6.07) is 13.7. The number of nitrogens with zero attached hydrogens (tertiary/aromatic N) is 1. The molecule has 1 N–H and O–H groups in total. The lowest BCUT2D eigenvalue weighted by molar-refractivity contribution is -0.115. The minimum Gasteiger partial charge on any atom is -0.497 e. The van der Waals surface area contributed by atoms with Crippen molar-refractivity contribution < 1.29 is 13.9 Å². The van der Waals surface area contributed by atoms with Crippen LogP contribution in [0, 0.1) is 5.82 Å². The van der Waals surface area contributed by atoms with Crippen LogP contribution in [0.2, 0.25) is 0 Å². The van der Waals surface area contributed by atoms with Crippen molar-refractivity contribution in [3.8, 4) is 17.0 Å². The Morgan fingerprint density at radius 1 is 1.21 bits per heavy atom. The number of nitrogens with one attached hydrogen (secondary N) is 1. The lowest BCUT2D eigenvalue weighted by atomic mass is 10.1. The number of ether oxygens (including phenoxy) is 1. The summed E-state index contributed by atoms with van der Waals surface area (Å²) in [5.74, 6) is 0.0915. The lowest BCUT2D eigenvalue weighted by Gasteiger charge is -2.03. The van der Waals surface area contributed by atoms with Gasteiger partial charge in [-0.05, 0) is 35.9 Å². The van der Waals surface area contributed by atoms with Gasteiger partial charge < -0.3 is 10.1 Å². The Morgan fingerprint density at radius 3 is 2.67 bits per heavy atom. The molecule has 0 aliphatic heterocycles. The number of aromatic nitrogens is 1. The maximum Gasteiger partial charge on any atom is 0.230 e. The molecule has 0 atom stereocenters. The number of hydrogen-bond acceptors (Lipinski definition) is 4. The standard InChI is InChI=1S/C18H15FN2O2S/c1-23-14-8-6-12(7-9-14)16-11-24-18(20-16)21-17(22)10-13-4-2-3-5-15(13)19/h2-9,11H,10H2,1H3,(H,20,21,22). The van der Waals surface area contributed by atoms with Crippen molar-refractivity contribution >= 4 is 22.4 Å². The summed E-state index contributed by atoms with van der Waals surface area (Å²) in [6.07, 6.45) is -0.0237. The van der Waals surface area contributed by atoms with Crippen molar-refractivity contribution in [1.82, 2.24) is 4.98 Å². The molecule has 0 spiro atoms. The number of rotatable bonds is 5. The third-order valence-corrected chi connectivity index (χ3v) is 4.20.